The van der Waals surface area contributed by atoms with E-state index in [0.717, 1.165) is 11.1 Å². The summed E-state index contributed by atoms with van der Waals surface area (Å²) in [6.45, 7) is 4.36. The molecule has 1 aliphatic rings. The Balaban J connectivity index is 2.06. The van der Waals surface area contributed by atoms with E-state index in [0.29, 0.717) is 12.1 Å². The SMILES string of the molecule is Cc1ccc(C2C(=O)NCCN2S(=O)(=O)c2cccc(C)c2)cc1. The normalized spacial score (nSPS) is 19.1. The van der Waals surface area contributed by atoms with Crippen LogP contribution in [-0.4, -0.2) is 31.7 Å². The molecule has 2 aromatic carbocycles. The number of aryl methyl sites for hydroxylation is 2. The van der Waals surface area contributed by atoms with Crippen LogP contribution in [-0.2, 0) is 14.8 Å². The maximum absolute atomic E-state index is 13.1. The molecule has 5 nitrogen and oxygen atoms in total. The third-order valence-electron chi connectivity index (χ3n) is 4.16. The van der Waals surface area contributed by atoms with Gasteiger partial charge in [0.1, 0.15) is 6.04 Å². The molecule has 0 aromatic heterocycles. The van der Waals surface area contributed by atoms with E-state index in [2.05, 4.69) is 5.32 Å². The Hall–Kier alpha value is -2.18. The van der Waals surface area contributed by atoms with Gasteiger partial charge in [-0.2, -0.15) is 4.31 Å². The number of carbonyl (C=O) groups excluding carboxylic acids is 1. The fraction of sp³-hybridized carbons (Fsp3) is 0.278. The zero-order valence-corrected chi connectivity index (χ0v) is 14.5. The highest BCUT2D eigenvalue weighted by molar-refractivity contribution is 7.89. The summed E-state index contributed by atoms with van der Waals surface area (Å²) in [5.41, 5.74) is 2.60. The summed E-state index contributed by atoms with van der Waals surface area (Å²) in [7, 11) is -3.75. The van der Waals surface area contributed by atoms with Crippen LogP contribution in [0.15, 0.2) is 53.4 Å². The van der Waals surface area contributed by atoms with Crippen molar-refractivity contribution in [2.24, 2.45) is 0 Å². The second kappa shape index (κ2) is 6.37. The van der Waals surface area contributed by atoms with Crippen molar-refractivity contribution >= 4 is 15.9 Å². The number of rotatable bonds is 3. The van der Waals surface area contributed by atoms with Crippen LogP contribution in [0.5, 0.6) is 0 Å². The van der Waals surface area contributed by atoms with Crippen LogP contribution in [0, 0.1) is 13.8 Å². The summed E-state index contributed by atoms with van der Waals surface area (Å²) >= 11 is 0. The van der Waals surface area contributed by atoms with E-state index in [1.54, 1.807) is 18.2 Å². The molecular formula is C18H20N2O3S. The maximum Gasteiger partial charge on any atom is 0.244 e. The lowest BCUT2D eigenvalue weighted by Crippen LogP contribution is -2.52. The van der Waals surface area contributed by atoms with E-state index in [4.69, 9.17) is 0 Å². The fourth-order valence-electron chi connectivity index (χ4n) is 2.88. The molecule has 1 fully saturated rings. The van der Waals surface area contributed by atoms with Gasteiger partial charge in [0.25, 0.3) is 0 Å². The van der Waals surface area contributed by atoms with Gasteiger partial charge in [-0.1, -0.05) is 42.0 Å². The average molecular weight is 344 g/mol. The molecule has 24 heavy (non-hydrogen) atoms. The summed E-state index contributed by atoms with van der Waals surface area (Å²) in [5, 5.41) is 2.77. The highest BCUT2D eigenvalue weighted by Crippen LogP contribution is 2.30. The largest absolute Gasteiger partial charge is 0.353 e. The van der Waals surface area contributed by atoms with Gasteiger partial charge in [-0.25, -0.2) is 8.42 Å². The lowest BCUT2D eigenvalue weighted by molar-refractivity contribution is -0.126. The Morgan fingerprint density at radius 2 is 1.75 bits per heavy atom. The van der Waals surface area contributed by atoms with Crippen molar-refractivity contribution in [2.75, 3.05) is 13.1 Å². The molecule has 1 amide bonds. The Bertz CT molecular complexity index is 860. The highest BCUT2D eigenvalue weighted by Gasteiger charge is 2.39. The molecule has 2 aromatic rings. The Morgan fingerprint density at radius 1 is 1.04 bits per heavy atom. The first kappa shape index (κ1) is 16.7. The molecule has 0 saturated carbocycles. The molecule has 126 valence electrons. The van der Waals surface area contributed by atoms with Crippen molar-refractivity contribution < 1.29 is 13.2 Å². The van der Waals surface area contributed by atoms with E-state index in [1.807, 2.05) is 44.2 Å². The first-order valence-electron chi connectivity index (χ1n) is 7.82. The molecule has 3 rings (SSSR count). The summed E-state index contributed by atoms with van der Waals surface area (Å²) in [4.78, 5) is 12.6. The molecular weight excluding hydrogens is 324 g/mol. The predicted molar refractivity (Wildman–Crippen MR) is 92.0 cm³/mol. The van der Waals surface area contributed by atoms with Crippen molar-refractivity contribution in [3.05, 3.63) is 65.2 Å². The van der Waals surface area contributed by atoms with Gasteiger partial charge in [0.15, 0.2) is 0 Å². The molecule has 6 heteroatoms. The summed E-state index contributed by atoms with van der Waals surface area (Å²) < 4.78 is 27.5. The molecule has 1 unspecified atom stereocenters. The molecule has 1 N–H and O–H groups in total. The molecule has 0 aliphatic carbocycles. The molecule has 0 bridgehead atoms. The van der Waals surface area contributed by atoms with Crippen molar-refractivity contribution in [2.45, 2.75) is 24.8 Å². The number of piperazine rings is 1. The number of amides is 1. The van der Waals surface area contributed by atoms with Gasteiger partial charge < -0.3 is 5.32 Å². The zero-order chi connectivity index (χ0) is 17.3. The first-order valence-corrected chi connectivity index (χ1v) is 9.26. The van der Waals surface area contributed by atoms with Crippen LogP contribution < -0.4 is 5.32 Å². The molecule has 1 heterocycles. The first-order chi connectivity index (χ1) is 11.4. The highest BCUT2D eigenvalue weighted by atomic mass is 32.2. The van der Waals surface area contributed by atoms with E-state index in [1.165, 1.54) is 4.31 Å². The second-order valence-corrected chi connectivity index (χ2v) is 7.93. The van der Waals surface area contributed by atoms with Gasteiger partial charge in [-0.3, -0.25) is 4.79 Å². The average Bonchev–Trinajstić information content (AvgIpc) is 2.55. The van der Waals surface area contributed by atoms with Gasteiger partial charge >= 0.3 is 0 Å². The van der Waals surface area contributed by atoms with Gasteiger partial charge in [0.05, 0.1) is 4.90 Å². The molecule has 0 radical (unpaired) electrons. The van der Waals surface area contributed by atoms with Gasteiger partial charge in [-0.05, 0) is 37.1 Å². The Labute approximate surface area is 142 Å². The van der Waals surface area contributed by atoms with Crippen LogP contribution in [0.25, 0.3) is 0 Å². The quantitative estimate of drug-likeness (QED) is 0.928. The van der Waals surface area contributed by atoms with Gasteiger partial charge in [0, 0.05) is 13.1 Å². The van der Waals surface area contributed by atoms with Crippen molar-refractivity contribution in [1.29, 1.82) is 0 Å². The fourth-order valence-corrected chi connectivity index (χ4v) is 4.57. The Kier molecular flexibility index (Phi) is 4.43. The van der Waals surface area contributed by atoms with Crippen LogP contribution in [0.2, 0.25) is 0 Å². The second-order valence-electron chi connectivity index (χ2n) is 6.04. The monoisotopic (exact) mass is 344 g/mol. The van der Waals surface area contributed by atoms with Crippen LogP contribution in [0.3, 0.4) is 0 Å². The van der Waals surface area contributed by atoms with Crippen LogP contribution in [0.1, 0.15) is 22.7 Å². The number of nitrogens with one attached hydrogen (secondary N) is 1. The maximum atomic E-state index is 13.1. The standard InChI is InChI=1S/C18H20N2O3S/c1-13-6-8-15(9-7-13)17-18(21)19-10-11-20(17)24(22,23)16-5-3-4-14(2)12-16/h3-9,12,17H,10-11H2,1-2H3,(H,19,21). The third kappa shape index (κ3) is 3.07. The summed E-state index contributed by atoms with van der Waals surface area (Å²) in [6.07, 6.45) is 0. The van der Waals surface area contributed by atoms with E-state index in [-0.39, 0.29) is 17.3 Å². The van der Waals surface area contributed by atoms with E-state index < -0.39 is 16.1 Å². The van der Waals surface area contributed by atoms with Crippen LogP contribution in [0.4, 0.5) is 0 Å². The third-order valence-corrected chi connectivity index (χ3v) is 6.02. The zero-order valence-electron chi connectivity index (χ0n) is 13.7. The minimum Gasteiger partial charge on any atom is -0.353 e. The van der Waals surface area contributed by atoms with Crippen molar-refractivity contribution in [3.63, 3.8) is 0 Å². The number of benzene rings is 2. The number of nitrogens with zero attached hydrogens (tertiary/aromatic N) is 1. The number of carbonyl (C=O) groups is 1. The minimum absolute atomic E-state index is 0.217. The van der Waals surface area contributed by atoms with E-state index in [9.17, 15) is 13.2 Å². The number of hydrogen-bond donors (Lipinski definition) is 1. The summed E-state index contributed by atoms with van der Waals surface area (Å²) in [5.74, 6) is -0.290. The number of hydrogen-bond acceptors (Lipinski definition) is 3. The lowest BCUT2D eigenvalue weighted by atomic mass is 10.0. The smallest absolute Gasteiger partial charge is 0.244 e. The van der Waals surface area contributed by atoms with Gasteiger partial charge in [-0.15, -0.1) is 0 Å². The Morgan fingerprint density at radius 3 is 2.42 bits per heavy atom. The minimum atomic E-state index is -3.75. The van der Waals surface area contributed by atoms with Crippen molar-refractivity contribution in [3.8, 4) is 0 Å². The van der Waals surface area contributed by atoms with Gasteiger partial charge in [0.2, 0.25) is 15.9 Å². The lowest BCUT2D eigenvalue weighted by Gasteiger charge is -2.34. The topological polar surface area (TPSA) is 66.5 Å². The van der Waals surface area contributed by atoms with Crippen molar-refractivity contribution in [1.82, 2.24) is 9.62 Å². The van der Waals surface area contributed by atoms with E-state index >= 15 is 0 Å². The molecule has 1 aliphatic heterocycles. The number of sulfonamides is 1. The molecule has 0 spiro atoms. The molecule has 1 atom stereocenters. The molecule has 1 saturated heterocycles. The van der Waals surface area contributed by atoms with Crippen LogP contribution >= 0.6 is 0 Å². The summed E-state index contributed by atoms with van der Waals surface area (Å²) in [6, 6.07) is 13.3. The predicted octanol–water partition coefficient (Wildman–Crippen LogP) is 2.17.